The molecular weight excluding hydrogens is 410 g/mol. The van der Waals surface area contributed by atoms with Gasteiger partial charge in [-0.3, -0.25) is 9.59 Å². The number of nitrogens with one attached hydrogen (secondary N) is 1. The fourth-order valence-electron chi connectivity index (χ4n) is 4.35. The number of para-hydroxylation sites is 1. The van der Waals surface area contributed by atoms with Crippen LogP contribution in [-0.2, 0) is 19.1 Å². The summed E-state index contributed by atoms with van der Waals surface area (Å²) in [6, 6.07) is 6.94. The van der Waals surface area contributed by atoms with Crippen molar-refractivity contribution >= 4 is 22.7 Å². The van der Waals surface area contributed by atoms with E-state index in [9.17, 15) is 14.4 Å². The van der Waals surface area contributed by atoms with E-state index in [1.807, 2.05) is 13.8 Å². The highest BCUT2D eigenvalue weighted by atomic mass is 16.6. The van der Waals surface area contributed by atoms with Gasteiger partial charge in [-0.1, -0.05) is 12.1 Å². The molecule has 0 spiro atoms. The van der Waals surface area contributed by atoms with Crippen molar-refractivity contribution in [2.24, 2.45) is 0 Å². The van der Waals surface area contributed by atoms with Gasteiger partial charge in [0.25, 0.3) is 0 Å². The minimum Gasteiger partial charge on any atom is -0.464 e. The summed E-state index contributed by atoms with van der Waals surface area (Å²) in [5.74, 6) is -1.49. The summed E-state index contributed by atoms with van der Waals surface area (Å²) in [7, 11) is 0. The SMILES string of the molecule is CC1=C(C(=O)OCCOC(C)C)[C@H](c2coc3ccccc3c2=O)C2=C(CCCC2=O)N1. The third kappa shape index (κ3) is 4.12. The minimum atomic E-state index is -0.835. The van der Waals surface area contributed by atoms with Gasteiger partial charge in [0.2, 0.25) is 0 Å². The maximum absolute atomic E-state index is 13.4. The number of carbonyl (C=O) groups is 2. The van der Waals surface area contributed by atoms with Crippen LogP contribution in [0.5, 0.6) is 0 Å². The highest BCUT2D eigenvalue weighted by Crippen LogP contribution is 2.41. The average molecular weight is 437 g/mol. The van der Waals surface area contributed by atoms with Gasteiger partial charge in [0.1, 0.15) is 12.2 Å². The number of benzene rings is 1. The van der Waals surface area contributed by atoms with Gasteiger partial charge in [0.15, 0.2) is 11.2 Å². The van der Waals surface area contributed by atoms with Crippen LogP contribution < -0.4 is 10.7 Å². The molecule has 1 aliphatic carbocycles. The Kier molecular flexibility index (Phi) is 6.28. The topological polar surface area (TPSA) is 94.8 Å². The van der Waals surface area contributed by atoms with Gasteiger partial charge >= 0.3 is 5.97 Å². The zero-order valence-electron chi connectivity index (χ0n) is 18.5. The van der Waals surface area contributed by atoms with E-state index in [0.717, 1.165) is 12.1 Å². The Hall–Kier alpha value is -3.19. The molecule has 1 atom stereocenters. The predicted molar refractivity (Wildman–Crippen MR) is 119 cm³/mol. The summed E-state index contributed by atoms with van der Waals surface area (Å²) in [6.45, 7) is 5.90. The molecule has 2 aromatic rings. The number of hydrogen-bond acceptors (Lipinski definition) is 7. The molecule has 0 saturated carbocycles. The van der Waals surface area contributed by atoms with Gasteiger partial charge in [-0.05, 0) is 45.7 Å². The largest absolute Gasteiger partial charge is 0.464 e. The van der Waals surface area contributed by atoms with Crippen molar-refractivity contribution < 1.29 is 23.5 Å². The number of esters is 1. The molecule has 0 fully saturated rings. The molecular formula is C25H27NO6. The van der Waals surface area contributed by atoms with Crippen molar-refractivity contribution in [1.82, 2.24) is 5.32 Å². The number of fused-ring (bicyclic) bond motifs is 1. The summed E-state index contributed by atoms with van der Waals surface area (Å²) in [6.07, 6.45) is 3.17. The Morgan fingerprint density at radius 3 is 2.75 bits per heavy atom. The first kappa shape index (κ1) is 22.0. The van der Waals surface area contributed by atoms with Crippen molar-refractivity contribution in [3.63, 3.8) is 0 Å². The van der Waals surface area contributed by atoms with Crippen LogP contribution in [0.1, 0.15) is 51.5 Å². The van der Waals surface area contributed by atoms with Crippen LogP contribution in [0, 0.1) is 0 Å². The van der Waals surface area contributed by atoms with Gasteiger partial charge in [0, 0.05) is 29.0 Å². The zero-order valence-corrected chi connectivity index (χ0v) is 18.5. The van der Waals surface area contributed by atoms with Crippen LogP contribution in [0.4, 0.5) is 0 Å². The molecule has 1 aromatic heterocycles. The lowest BCUT2D eigenvalue weighted by molar-refractivity contribution is -0.141. The number of Topliss-reactive ketones (excluding diaryl/α,β-unsaturated/α-hetero) is 1. The Morgan fingerprint density at radius 2 is 1.97 bits per heavy atom. The standard InChI is InChI=1S/C25H27NO6/c1-14(2)30-11-12-31-25(29)21-15(3)26-18-8-6-9-19(27)23(18)22(21)17-13-32-20-10-5-4-7-16(20)24(17)28/h4-5,7,10,13-14,22,26H,6,8-9,11-12H2,1-3H3/t22-/m0/s1. The van der Waals surface area contributed by atoms with E-state index in [4.69, 9.17) is 13.9 Å². The predicted octanol–water partition coefficient (Wildman–Crippen LogP) is 3.73. The molecule has 0 radical (unpaired) electrons. The average Bonchev–Trinajstić information content (AvgIpc) is 2.76. The smallest absolute Gasteiger partial charge is 0.336 e. The van der Waals surface area contributed by atoms with E-state index in [0.29, 0.717) is 35.1 Å². The van der Waals surface area contributed by atoms with Gasteiger partial charge in [0.05, 0.1) is 35.9 Å². The minimum absolute atomic E-state index is 0.0218. The molecule has 7 nitrogen and oxygen atoms in total. The number of allylic oxidation sites excluding steroid dienone is 3. The molecule has 0 bridgehead atoms. The second kappa shape index (κ2) is 9.12. The maximum Gasteiger partial charge on any atom is 0.336 e. The fourth-order valence-corrected chi connectivity index (χ4v) is 4.35. The summed E-state index contributed by atoms with van der Waals surface area (Å²) in [4.78, 5) is 39.5. The Labute approximate surface area is 186 Å². The van der Waals surface area contributed by atoms with Crippen molar-refractivity contribution in [2.75, 3.05) is 13.2 Å². The lowest BCUT2D eigenvalue weighted by Crippen LogP contribution is -2.36. The quantitative estimate of drug-likeness (QED) is 0.543. The molecule has 1 N–H and O–H groups in total. The number of ketones is 1. The lowest BCUT2D eigenvalue weighted by atomic mass is 9.75. The maximum atomic E-state index is 13.4. The normalized spacial score (nSPS) is 18.8. The van der Waals surface area contributed by atoms with Crippen LogP contribution in [0.15, 0.2) is 62.3 Å². The van der Waals surface area contributed by atoms with Crippen molar-refractivity contribution in [3.05, 3.63) is 68.9 Å². The van der Waals surface area contributed by atoms with E-state index in [2.05, 4.69) is 5.32 Å². The third-order valence-electron chi connectivity index (χ3n) is 5.78. The molecule has 1 aromatic carbocycles. The van der Waals surface area contributed by atoms with Gasteiger partial charge in [-0.15, -0.1) is 0 Å². The van der Waals surface area contributed by atoms with Crippen LogP contribution in [0.25, 0.3) is 11.0 Å². The van der Waals surface area contributed by atoms with E-state index in [1.54, 1.807) is 31.2 Å². The summed E-state index contributed by atoms with van der Waals surface area (Å²) >= 11 is 0. The Bertz CT molecular complexity index is 1190. The number of hydrogen-bond donors (Lipinski definition) is 1. The first-order chi connectivity index (χ1) is 15.4. The first-order valence-electron chi connectivity index (χ1n) is 10.9. The molecule has 168 valence electrons. The van der Waals surface area contributed by atoms with E-state index >= 15 is 0 Å². The molecule has 4 rings (SSSR count). The van der Waals surface area contributed by atoms with Gasteiger partial charge in [-0.2, -0.15) is 0 Å². The van der Waals surface area contributed by atoms with Gasteiger partial charge < -0.3 is 19.2 Å². The third-order valence-corrected chi connectivity index (χ3v) is 5.78. The molecule has 0 unspecified atom stereocenters. The monoisotopic (exact) mass is 437 g/mol. The van der Waals surface area contributed by atoms with Crippen molar-refractivity contribution in [1.29, 1.82) is 0 Å². The molecule has 1 aliphatic heterocycles. The van der Waals surface area contributed by atoms with Crippen LogP contribution in [-0.4, -0.2) is 31.1 Å². The molecule has 0 amide bonds. The molecule has 2 heterocycles. The second-order valence-electron chi connectivity index (χ2n) is 8.34. The summed E-state index contributed by atoms with van der Waals surface area (Å²) < 4.78 is 16.6. The number of carbonyl (C=O) groups excluding carboxylic acids is 2. The fraction of sp³-hybridized carbons (Fsp3) is 0.400. The first-order valence-corrected chi connectivity index (χ1v) is 10.9. The number of ether oxygens (including phenoxy) is 2. The highest BCUT2D eigenvalue weighted by Gasteiger charge is 2.40. The Balaban J connectivity index is 1.79. The van der Waals surface area contributed by atoms with Crippen molar-refractivity contribution in [3.8, 4) is 0 Å². The lowest BCUT2D eigenvalue weighted by Gasteiger charge is -2.33. The molecule has 7 heteroatoms. The zero-order chi connectivity index (χ0) is 22.8. The molecule has 0 saturated heterocycles. The summed E-state index contributed by atoms with van der Waals surface area (Å²) in [5.41, 5.74) is 2.50. The highest BCUT2D eigenvalue weighted by molar-refractivity contribution is 6.04. The van der Waals surface area contributed by atoms with Gasteiger partial charge in [-0.25, -0.2) is 4.79 Å². The van der Waals surface area contributed by atoms with Crippen LogP contribution in [0.3, 0.4) is 0 Å². The molecule has 32 heavy (non-hydrogen) atoms. The Morgan fingerprint density at radius 1 is 1.19 bits per heavy atom. The van der Waals surface area contributed by atoms with E-state index in [-0.39, 0.29) is 41.7 Å². The number of dihydropyridines is 1. The van der Waals surface area contributed by atoms with Crippen LogP contribution >= 0.6 is 0 Å². The summed E-state index contributed by atoms with van der Waals surface area (Å²) in [5, 5.41) is 3.63. The van der Waals surface area contributed by atoms with Crippen LogP contribution in [0.2, 0.25) is 0 Å². The second-order valence-corrected chi connectivity index (χ2v) is 8.34. The van der Waals surface area contributed by atoms with Crippen molar-refractivity contribution in [2.45, 2.75) is 52.1 Å². The molecule has 2 aliphatic rings. The van der Waals surface area contributed by atoms with E-state index < -0.39 is 11.9 Å². The number of rotatable bonds is 6. The van der Waals surface area contributed by atoms with E-state index in [1.165, 1.54) is 6.26 Å².